The average molecular weight is 214 g/mol. The van der Waals surface area contributed by atoms with E-state index in [1.165, 1.54) is 25.7 Å². The van der Waals surface area contributed by atoms with Crippen molar-refractivity contribution in [1.82, 2.24) is 4.90 Å². The molecule has 1 aliphatic carbocycles. The molecule has 1 aliphatic rings. The normalized spacial score (nSPS) is 22.2. The van der Waals surface area contributed by atoms with Crippen LogP contribution in [0.2, 0.25) is 0 Å². The number of likely N-dealkylation sites (N-methyl/N-ethyl adjacent to an activating group) is 1. The fourth-order valence-electron chi connectivity index (χ4n) is 2.76. The summed E-state index contributed by atoms with van der Waals surface area (Å²) >= 11 is 0. The van der Waals surface area contributed by atoms with Gasteiger partial charge in [0.2, 0.25) is 0 Å². The number of nitrogens with zero attached hydrogens (tertiary/aromatic N) is 1. The van der Waals surface area contributed by atoms with Crippen molar-refractivity contribution in [3.8, 4) is 0 Å². The minimum absolute atomic E-state index is 0.199. The van der Waals surface area contributed by atoms with Crippen LogP contribution in [0.5, 0.6) is 0 Å². The SMILES string of the molecule is CCN(CCC(C)O)C1(CN)CCCC1. The number of rotatable bonds is 6. The lowest BCUT2D eigenvalue weighted by atomic mass is 9.94. The number of aliphatic hydroxyl groups is 1. The van der Waals surface area contributed by atoms with Gasteiger partial charge in [0.15, 0.2) is 0 Å². The summed E-state index contributed by atoms with van der Waals surface area (Å²) in [7, 11) is 0. The maximum absolute atomic E-state index is 9.34. The van der Waals surface area contributed by atoms with E-state index in [0.717, 1.165) is 26.1 Å². The predicted molar refractivity (Wildman–Crippen MR) is 63.8 cm³/mol. The van der Waals surface area contributed by atoms with E-state index in [-0.39, 0.29) is 11.6 Å². The summed E-state index contributed by atoms with van der Waals surface area (Å²) in [6.07, 6.45) is 5.74. The van der Waals surface area contributed by atoms with Gasteiger partial charge in [-0.25, -0.2) is 0 Å². The number of nitrogens with two attached hydrogens (primary N) is 1. The zero-order chi connectivity index (χ0) is 11.3. The van der Waals surface area contributed by atoms with E-state index < -0.39 is 0 Å². The molecule has 1 fully saturated rings. The molecule has 90 valence electrons. The molecule has 0 bridgehead atoms. The Kier molecular flexibility index (Phi) is 5.03. The van der Waals surface area contributed by atoms with Crippen molar-refractivity contribution < 1.29 is 5.11 Å². The van der Waals surface area contributed by atoms with Crippen LogP contribution in [0.4, 0.5) is 0 Å². The molecule has 3 N–H and O–H groups in total. The topological polar surface area (TPSA) is 49.5 Å². The third kappa shape index (κ3) is 3.16. The predicted octanol–water partition coefficient (Wildman–Crippen LogP) is 1.35. The fraction of sp³-hybridized carbons (Fsp3) is 1.00. The highest BCUT2D eigenvalue weighted by Gasteiger charge is 2.37. The molecule has 0 amide bonds. The van der Waals surface area contributed by atoms with Crippen molar-refractivity contribution in [1.29, 1.82) is 0 Å². The van der Waals surface area contributed by atoms with Crippen molar-refractivity contribution >= 4 is 0 Å². The highest BCUT2D eigenvalue weighted by Crippen LogP contribution is 2.34. The largest absolute Gasteiger partial charge is 0.393 e. The molecule has 15 heavy (non-hydrogen) atoms. The monoisotopic (exact) mass is 214 g/mol. The Morgan fingerprint density at radius 2 is 2.00 bits per heavy atom. The van der Waals surface area contributed by atoms with E-state index in [4.69, 9.17) is 5.73 Å². The molecule has 3 nitrogen and oxygen atoms in total. The summed E-state index contributed by atoms with van der Waals surface area (Å²) in [5.41, 5.74) is 6.19. The van der Waals surface area contributed by atoms with Gasteiger partial charge < -0.3 is 10.8 Å². The molecular weight excluding hydrogens is 188 g/mol. The second-order valence-corrected chi connectivity index (χ2v) is 4.85. The third-order valence-electron chi connectivity index (χ3n) is 3.78. The molecule has 1 unspecified atom stereocenters. The van der Waals surface area contributed by atoms with Crippen LogP contribution in [0.25, 0.3) is 0 Å². The molecule has 1 rings (SSSR count). The zero-order valence-corrected chi connectivity index (χ0v) is 10.2. The number of hydrogen-bond donors (Lipinski definition) is 2. The Morgan fingerprint density at radius 1 is 1.40 bits per heavy atom. The number of hydrogen-bond acceptors (Lipinski definition) is 3. The summed E-state index contributed by atoms with van der Waals surface area (Å²) in [6, 6.07) is 0. The molecule has 1 saturated carbocycles. The quantitative estimate of drug-likeness (QED) is 0.702. The first kappa shape index (κ1) is 12.9. The standard InChI is InChI=1S/C12H26N2O/c1-3-14(9-6-11(2)15)12(10-13)7-4-5-8-12/h11,15H,3-10,13H2,1-2H3. The third-order valence-corrected chi connectivity index (χ3v) is 3.78. The van der Waals surface area contributed by atoms with E-state index in [1.54, 1.807) is 0 Å². The van der Waals surface area contributed by atoms with Gasteiger partial charge in [-0.05, 0) is 32.7 Å². The first-order valence-electron chi connectivity index (χ1n) is 6.28. The lowest BCUT2D eigenvalue weighted by molar-refractivity contribution is 0.0810. The van der Waals surface area contributed by atoms with E-state index in [2.05, 4.69) is 11.8 Å². The van der Waals surface area contributed by atoms with Crippen molar-refractivity contribution in [3.63, 3.8) is 0 Å². The molecule has 0 saturated heterocycles. The Hall–Kier alpha value is -0.120. The van der Waals surface area contributed by atoms with Gasteiger partial charge in [-0.15, -0.1) is 0 Å². The van der Waals surface area contributed by atoms with Gasteiger partial charge in [-0.2, -0.15) is 0 Å². The molecule has 0 aromatic carbocycles. The average Bonchev–Trinajstić information content (AvgIpc) is 2.68. The molecule has 0 aromatic heterocycles. The second-order valence-electron chi connectivity index (χ2n) is 4.85. The summed E-state index contributed by atoms with van der Waals surface area (Å²) in [4.78, 5) is 2.48. The molecule has 0 aromatic rings. The maximum atomic E-state index is 9.34. The molecule has 0 spiro atoms. The molecule has 0 heterocycles. The van der Waals surface area contributed by atoms with Crippen LogP contribution in [0.15, 0.2) is 0 Å². The Labute approximate surface area is 93.6 Å². The van der Waals surface area contributed by atoms with Crippen LogP contribution >= 0.6 is 0 Å². The molecule has 3 heteroatoms. The van der Waals surface area contributed by atoms with Gasteiger partial charge in [0.25, 0.3) is 0 Å². The van der Waals surface area contributed by atoms with Gasteiger partial charge in [0, 0.05) is 18.6 Å². The maximum Gasteiger partial charge on any atom is 0.0524 e. The lowest BCUT2D eigenvalue weighted by Crippen LogP contribution is -2.52. The van der Waals surface area contributed by atoms with Crippen LogP contribution in [0, 0.1) is 0 Å². The van der Waals surface area contributed by atoms with Gasteiger partial charge in [-0.3, -0.25) is 4.90 Å². The Morgan fingerprint density at radius 3 is 2.40 bits per heavy atom. The van der Waals surface area contributed by atoms with Crippen molar-refractivity contribution in [2.75, 3.05) is 19.6 Å². The van der Waals surface area contributed by atoms with Gasteiger partial charge >= 0.3 is 0 Å². The number of aliphatic hydroxyl groups excluding tert-OH is 1. The molecular formula is C12H26N2O. The first-order chi connectivity index (χ1) is 7.14. The van der Waals surface area contributed by atoms with Crippen LogP contribution in [-0.4, -0.2) is 41.3 Å². The van der Waals surface area contributed by atoms with E-state index in [9.17, 15) is 5.11 Å². The van der Waals surface area contributed by atoms with Gasteiger partial charge in [0.05, 0.1) is 6.10 Å². The second kappa shape index (κ2) is 5.83. The minimum Gasteiger partial charge on any atom is -0.393 e. The summed E-state index contributed by atoms with van der Waals surface area (Å²) in [5, 5.41) is 9.34. The van der Waals surface area contributed by atoms with Crippen molar-refractivity contribution in [2.45, 2.75) is 57.6 Å². The highest BCUT2D eigenvalue weighted by atomic mass is 16.3. The molecule has 1 atom stereocenters. The van der Waals surface area contributed by atoms with Crippen LogP contribution in [0.3, 0.4) is 0 Å². The van der Waals surface area contributed by atoms with Crippen LogP contribution in [-0.2, 0) is 0 Å². The summed E-state index contributed by atoms with van der Waals surface area (Å²) in [6.45, 7) is 6.84. The molecule has 0 aliphatic heterocycles. The first-order valence-corrected chi connectivity index (χ1v) is 6.28. The Balaban J connectivity index is 2.54. The zero-order valence-electron chi connectivity index (χ0n) is 10.2. The van der Waals surface area contributed by atoms with Crippen LogP contribution in [0.1, 0.15) is 46.0 Å². The minimum atomic E-state index is -0.199. The van der Waals surface area contributed by atoms with Crippen LogP contribution < -0.4 is 5.73 Å². The molecule has 0 radical (unpaired) electrons. The Bertz CT molecular complexity index is 176. The van der Waals surface area contributed by atoms with E-state index in [1.807, 2.05) is 6.92 Å². The van der Waals surface area contributed by atoms with Crippen molar-refractivity contribution in [2.24, 2.45) is 5.73 Å². The van der Waals surface area contributed by atoms with E-state index in [0.29, 0.717) is 0 Å². The van der Waals surface area contributed by atoms with E-state index >= 15 is 0 Å². The lowest BCUT2D eigenvalue weighted by Gasteiger charge is -2.40. The van der Waals surface area contributed by atoms with Gasteiger partial charge in [0.1, 0.15) is 0 Å². The summed E-state index contributed by atoms with van der Waals surface area (Å²) in [5.74, 6) is 0. The van der Waals surface area contributed by atoms with Crippen molar-refractivity contribution in [3.05, 3.63) is 0 Å². The smallest absolute Gasteiger partial charge is 0.0524 e. The fourth-order valence-corrected chi connectivity index (χ4v) is 2.76. The summed E-state index contributed by atoms with van der Waals surface area (Å²) < 4.78 is 0. The highest BCUT2D eigenvalue weighted by molar-refractivity contribution is 4.95. The van der Waals surface area contributed by atoms with Gasteiger partial charge in [-0.1, -0.05) is 19.8 Å².